The molecule has 118 valence electrons. The first-order chi connectivity index (χ1) is 9.35. The van der Waals surface area contributed by atoms with Crippen LogP contribution in [0.4, 0.5) is 9.59 Å². The van der Waals surface area contributed by atoms with Crippen molar-refractivity contribution in [2.75, 3.05) is 40.1 Å². The highest BCUT2D eigenvalue weighted by molar-refractivity contribution is 5.73. The molecule has 0 rings (SSSR count). The van der Waals surface area contributed by atoms with Gasteiger partial charge in [-0.1, -0.05) is 0 Å². The Morgan fingerprint density at radius 1 is 1.00 bits per heavy atom. The number of hydrogen-bond acceptors (Lipinski definition) is 5. The summed E-state index contributed by atoms with van der Waals surface area (Å²) in [4.78, 5) is 22.6. The molecule has 3 N–H and O–H groups in total. The van der Waals surface area contributed by atoms with Gasteiger partial charge in [-0.25, -0.2) is 9.59 Å². The normalized spacial score (nSPS) is 10.8. The van der Waals surface area contributed by atoms with Crippen molar-refractivity contribution in [2.24, 2.45) is 0 Å². The van der Waals surface area contributed by atoms with Gasteiger partial charge in [-0.2, -0.15) is 0 Å². The van der Waals surface area contributed by atoms with Crippen LogP contribution in [0.5, 0.6) is 0 Å². The molecule has 0 aliphatic rings. The highest BCUT2D eigenvalue weighted by atomic mass is 16.6. The Labute approximate surface area is 119 Å². The fourth-order valence-electron chi connectivity index (χ4n) is 1.05. The molecule has 0 radical (unpaired) electrons. The quantitative estimate of drug-likeness (QED) is 0.445. The van der Waals surface area contributed by atoms with Crippen LogP contribution in [0.3, 0.4) is 0 Å². The lowest BCUT2D eigenvalue weighted by molar-refractivity contribution is 0.0527. The van der Waals surface area contributed by atoms with Gasteiger partial charge in [-0.3, -0.25) is 0 Å². The highest BCUT2D eigenvalue weighted by Gasteiger charge is 2.15. The number of urea groups is 1. The van der Waals surface area contributed by atoms with Gasteiger partial charge in [0.25, 0.3) is 0 Å². The first kappa shape index (κ1) is 18.5. The van der Waals surface area contributed by atoms with Crippen LogP contribution in [0.2, 0.25) is 0 Å². The van der Waals surface area contributed by atoms with Crippen LogP contribution >= 0.6 is 0 Å². The van der Waals surface area contributed by atoms with Gasteiger partial charge >= 0.3 is 12.1 Å². The molecule has 0 aliphatic heterocycles. The predicted molar refractivity (Wildman–Crippen MR) is 73.5 cm³/mol. The molecule has 20 heavy (non-hydrogen) atoms. The van der Waals surface area contributed by atoms with Gasteiger partial charge in [0, 0.05) is 20.2 Å². The number of carbonyl (C=O) groups is 2. The largest absolute Gasteiger partial charge is 0.444 e. The van der Waals surface area contributed by atoms with Crippen molar-refractivity contribution >= 4 is 12.1 Å². The summed E-state index contributed by atoms with van der Waals surface area (Å²) in [6, 6.07) is -0.367. The third kappa shape index (κ3) is 12.9. The van der Waals surface area contributed by atoms with E-state index >= 15 is 0 Å². The summed E-state index contributed by atoms with van der Waals surface area (Å²) in [6.45, 7) is 6.91. The number of carbonyl (C=O) groups excluding carboxylic acids is 2. The fourth-order valence-corrected chi connectivity index (χ4v) is 1.05. The van der Waals surface area contributed by atoms with Crippen molar-refractivity contribution in [1.82, 2.24) is 16.0 Å². The Bertz CT molecular complexity index is 291. The van der Waals surface area contributed by atoms with Gasteiger partial charge < -0.3 is 30.2 Å². The predicted octanol–water partition coefficient (Wildman–Crippen LogP) is 0.431. The van der Waals surface area contributed by atoms with Crippen LogP contribution in [0.1, 0.15) is 20.8 Å². The van der Waals surface area contributed by atoms with Gasteiger partial charge in [-0.05, 0) is 20.8 Å². The Balaban J connectivity index is 3.46. The number of ether oxygens (including phenoxy) is 3. The van der Waals surface area contributed by atoms with E-state index in [0.29, 0.717) is 19.8 Å². The Kier molecular flexibility index (Phi) is 9.48. The fraction of sp³-hybridized carbons (Fsp3) is 0.833. The smallest absolute Gasteiger partial charge is 0.407 e. The second-order valence-corrected chi connectivity index (χ2v) is 4.91. The maximum Gasteiger partial charge on any atom is 0.407 e. The molecule has 3 amide bonds. The molecule has 0 atom stereocenters. The van der Waals surface area contributed by atoms with Gasteiger partial charge in [0.1, 0.15) is 12.3 Å². The summed E-state index contributed by atoms with van der Waals surface area (Å²) >= 11 is 0. The summed E-state index contributed by atoms with van der Waals surface area (Å²) in [6.07, 6.45) is -0.511. The average molecular weight is 291 g/mol. The second-order valence-electron chi connectivity index (χ2n) is 4.91. The molecule has 0 spiro atoms. The van der Waals surface area contributed by atoms with Gasteiger partial charge in [0.15, 0.2) is 0 Å². The summed E-state index contributed by atoms with van der Waals surface area (Å²) in [5.74, 6) is 0. The van der Waals surface area contributed by atoms with Crippen LogP contribution in [-0.4, -0.2) is 57.9 Å². The lowest BCUT2D eigenvalue weighted by atomic mass is 10.2. The number of nitrogens with one attached hydrogen (secondary N) is 3. The van der Waals surface area contributed by atoms with Gasteiger partial charge in [0.2, 0.25) is 0 Å². The third-order valence-corrected chi connectivity index (χ3v) is 1.85. The maximum absolute atomic E-state index is 11.3. The zero-order chi connectivity index (χ0) is 15.4. The average Bonchev–Trinajstić information content (AvgIpc) is 2.32. The second kappa shape index (κ2) is 10.3. The molecule has 8 nitrogen and oxygen atoms in total. The molecular formula is C12H25N3O5. The number of rotatable bonds is 8. The third-order valence-electron chi connectivity index (χ3n) is 1.85. The molecule has 8 heteroatoms. The number of methoxy groups -OCH3 is 1. The zero-order valence-corrected chi connectivity index (χ0v) is 12.6. The molecule has 0 unspecified atom stereocenters. The van der Waals surface area contributed by atoms with E-state index in [0.717, 1.165) is 0 Å². The van der Waals surface area contributed by atoms with Crippen molar-refractivity contribution in [1.29, 1.82) is 0 Å². The minimum absolute atomic E-state index is 0.106. The summed E-state index contributed by atoms with van der Waals surface area (Å²) < 4.78 is 14.9. The van der Waals surface area contributed by atoms with E-state index in [1.165, 1.54) is 0 Å². The van der Waals surface area contributed by atoms with E-state index in [-0.39, 0.29) is 19.3 Å². The van der Waals surface area contributed by atoms with E-state index < -0.39 is 11.7 Å². The van der Waals surface area contributed by atoms with Gasteiger partial charge in [-0.15, -0.1) is 0 Å². The van der Waals surface area contributed by atoms with Crippen molar-refractivity contribution in [2.45, 2.75) is 26.4 Å². The first-order valence-corrected chi connectivity index (χ1v) is 6.40. The van der Waals surface area contributed by atoms with Crippen LogP contribution in [0, 0.1) is 0 Å². The highest BCUT2D eigenvalue weighted by Crippen LogP contribution is 2.05. The molecule has 0 aliphatic carbocycles. The van der Waals surface area contributed by atoms with E-state index in [9.17, 15) is 9.59 Å². The summed E-state index contributed by atoms with van der Waals surface area (Å²) in [5, 5.41) is 7.58. The minimum Gasteiger partial charge on any atom is -0.444 e. The van der Waals surface area contributed by atoms with E-state index in [2.05, 4.69) is 16.0 Å². The van der Waals surface area contributed by atoms with E-state index in [1.807, 2.05) is 0 Å². The maximum atomic E-state index is 11.3. The van der Waals surface area contributed by atoms with Crippen LogP contribution < -0.4 is 16.0 Å². The standard InChI is InChI=1S/C12H25N3O5/c1-12(2,3)20-11(17)14-6-5-13-10(16)15-9-19-8-7-18-4/h5-9H2,1-4H3,(H,14,17)(H2,13,15,16). The lowest BCUT2D eigenvalue weighted by Crippen LogP contribution is -2.42. The van der Waals surface area contributed by atoms with Crippen molar-refractivity contribution in [3.8, 4) is 0 Å². The van der Waals surface area contributed by atoms with Crippen LogP contribution in [0.15, 0.2) is 0 Å². The monoisotopic (exact) mass is 291 g/mol. The number of alkyl carbamates (subject to hydrolysis) is 1. The molecule has 0 heterocycles. The van der Waals surface area contributed by atoms with Crippen molar-refractivity contribution in [3.05, 3.63) is 0 Å². The molecule has 0 bridgehead atoms. The Morgan fingerprint density at radius 3 is 2.25 bits per heavy atom. The minimum atomic E-state index is -0.533. The molecule has 0 fully saturated rings. The van der Waals surface area contributed by atoms with Gasteiger partial charge in [0.05, 0.1) is 13.2 Å². The molecule has 0 aromatic carbocycles. The zero-order valence-electron chi connectivity index (χ0n) is 12.6. The lowest BCUT2D eigenvalue weighted by Gasteiger charge is -2.19. The van der Waals surface area contributed by atoms with E-state index in [1.54, 1.807) is 27.9 Å². The van der Waals surface area contributed by atoms with Crippen LogP contribution in [0.25, 0.3) is 0 Å². The van der Waals surface area contributed by atoms with Crippen LogP contribution in [-0.2, 0) is 14.2 Å². The molecular weight excluding hydrogens is 266 g/mol. The topological polar surface area (TPSA) is 97.9 Å². The SMILES string of the molecule is COCCOCNC(=O)NCCNC(=O)OC(C)(C)C. The molecule has 0 aromatic rings. The first-order valence-electron chi connectivity index (χ1n) is 6.40. The summed E-state index contributed by atoms with van der Waals surface area (Å²) in [5.41, 5.74) is -0.533. The van der Waals surface area contributed by atoms with Crippen molar-refractivity contribution in [3.63, 3.8) is 0 Å². The van der Waals surface area contributed by atoms with Crippen molar-refractivity contribution < 1.29 is 23.8 Å². The number of hydrogen-bond donors (Lipinski definition) is 3. The molecule has 0 saturated carbocycles. The number of amides is 3. The van der Waals surface area contributed by atoms with E-state index in [4.69, 9.17) is 14.2 Å². The summed E-state index contributed by atoms with van der Waals surface area (Å²) in [7, 11) is 1.57. The molecule has 0 aromatic heterocycles. The Hall–Kier alpha value is -1.54. The Morgan fingerprint density at radius 2 is 1.65 bits per heavy atom. The molecule has 0 saturated heterocycles.